The van der Waals surface area contributed by atoms with Gasteiger partial charge >= 0.3 is 0 Å². The molecule has 0 aliphatic heterocycles. The Bertz CT molecular complexity index is 1660. The van der Waals surface area contributed by atoms with E-state index in [2.05, 4.69) is 10.6 Å². The van der Waals surface area contributed by atoms with Crippen LogP contribution in [0.2, 0.25) is 10.0 Å². The smallest absolute Gasteiger partial charge is 0.272 e. The average Bonchev–Trinajstić information content (AvgIpc) is 2.97. The number of nitrogens with zero attached hydrogens (tertiary/aromatic N) is 1. The van der Waals surface area contributed by atoms with Gasteiger partial charge in [-0.05, 0) is 54.1 Å². The van der Waals surface area contributed by atoms with Gasteiger partial charge < -0.3 is 10.6 Å². The molecule has 0 saturated heterocycles. The van der Waals surface area contributed by atoms with Crippen LogP contribution < -0.4 is 10.6 Å². The molecule has 0 heterocycles. The first kappa shape index (κ1) is 29.5. The van der Waals surface area contributed by atoms with Gasteiger partial charge in [0.2, 0.25) is 0 Å². The monoisotopic (exact) mass is 605 g/mol. The quantitative estimate of drug-likeness (QED) is 0.0644. The minimum atomic E-state index is -0.602. The molecule has 0 aromatic heterocycles. The Morgan fingerprint density at radius 1 is 0.854 bits per heavy atom. The van der Waals surface area contributed by atoms with E-state index in [9.17, 15) is 24.5 Å². The van der Waals surface area contributed by atoms with Crippen molar-refractivity contribution in [2.75, 3.05) is 11.1 Å². The molecule has 0 fully saturated rings. The summed E-state index contributed by atoms with van der Waals surface area (Å²) in [5.74, 6) is -1.33. The van der Waals surface area contributed by atoms with Gasteiger partial charge in [-0.3, -0.25) is 24.5 Å². The van der Waals surface area contributed by atoms with Crippen LogP contribution in [0.4, 0.5) is 11.4 Å². The van der Waals surface area contributed by atoms with E-state index in [1.165, 1.54) is 48.2 Å². The van der Waals surface area contributed by atoms with Gasteiger partial charge in [0.1, 0.15) is 5.70 Å². The van der Waals surface area contributed by atoms with E-state index in [0.29, 0.717) is 31.8 Å². The summed E-state index contributed by atoms with van der Waals surface area (Å²) in [6.45, 7) is 0. The van der Waals surface area contributed by atoms with Crippen LogP contribution in [0, 0.1) is 10.1 Å². The Kier molecular flexibility index (Phi) is 9.91. The third-order valence-electron chi connectivity index (χ3n) is 5.63. The molecule has 4 aromatic rings. The number of nitrogens with one attached hydrogen (secondary N) is 2. The summed E-state index contributed by atoms with van der Waals surface area (Å²) in [6.07, 6.45) is 1.45. The van der Waals surface area contributed by atoms with E-state index in [1.807, 2.05) is 0 Å². The number of ketones is 1. The maximum atomic E-state index is 13.3. The van der Waals surface area contributed by atoms with E-state index in [4.69, 9.17) is 23.2 Å². The molecule has 0 unspecified atom stereocenters. The number of anilines is 1. The molecule has 0 spiro atoms. The molecular weight excluding hydrogens is 585 g/mol. The highest BCUT2D eigenvalue weighted by atomic mass is 35.5. The van der Waals surface area contributed by atoms with Gasteiger partial charge in [-0.25, -0.2) is 0 Å². The van der Waals surface area contributed by atoms with Crippen molar-refractivity contribution in [1.29, 1.82) is 0 Å². The molecule has 0 radical (unpaired) electrons. The highest BCUT2D eigenvalue weighted by Gasteiger charge is 2.17. The van der Waals surface area contributed by atoms with Gasteiger partial charge in [-0.15, -0.1) is 11.8 Å². The number of halogens is 2. The predicted molar refractivity (Wildman–Crippen MR) is 162 cm³/mol. The van der Waals surface area contributed by atoms with Crippen molar-refractivity contribution < 1.29 is 19.3 Å². The van der Waals surface area contributed by atoms with E-state index >= 15 is 0 Å². The lowest BCUT2D eigenvalue weighted by Gasteiger charge is -2.12. The van der Waals surface area contributed by atoms with Gasteiger partial charge in [0.05, 0.1) is 10.7 Å². The number of hydrogen-bond donors (Lipinski definition) is 2. The summed E-state index contributed by atoms with van der Waals surface area (Å²) in [7, 11) is 0. The van der Waals surface area contributed by atoms with E-state index < -0.39 is 16.7 Å². The lowest BCUT2D eigenvalue weighted by atomic mass is 10.1. The Labute approximate surface area is 249 Å². The Balaban J connectivity index is 1.50. The molecule has 2 amide bonds. The largest absolute Gasteiger partial charge is 0.321 e. The lowest BCUT2D eigenvalue weighted by molar-refractivity contribution is -0.384. The highest BCUT2D eigenvalue weighted by Crippen LogP contribution is 2.25. The second-order valence-corrected chi connectivity index (χ2v) is 10.4. The third kappa shape index (κ3) is 8.28. The van der Waals surface area contributed by atoms with Crippen molar-refractivity contribution in [2.24, 2.45) is 0 Å². The van der Waals surface area contributed by atoms with Crippen LogP contribution >= 0.6 is 35.0 Å². The normalized spacial score (nSPS) is 11.0. The van der Waals surface area contributed by atoms with Crippen LogP contribution in [-0.2, 0) is 4.79 Å². The van der Waals surface area contributed by atoms with Gasteiger partial charge in [0.15, 0.2) is 5.78 Å². The maximum absolute atomic E-state index is 13.3. The summed E-state index contributed by atoms with van der Waals surface area (Å²) < 4.78 is 0. The van der Waals surface area contributed by atoms with Gasteiger partial charge in [-0.1, -0.05) is 65.7 Å². The number of amides is 2. The average molecular weight is 606 g/mol. The molecule has 41 heavy (non-hydrogen) atoms. The summed E-state index contributed by atoms with van der Waals surface area (Å²) in [4.78, 5) is 49.9. The number of Topliss-reactive ketones (excluding diaryl/α,β-unsaturated/α-hetero) is 1. The van der Waals surface area contributed by atoms with Crippen LogP contribution in [0.25, 0.3) is 6.08 Å². The minimum absolute atomic E-state index is 0.0336. The SMILES string of the molecule is O=C(Nc1cccc(SCC(=O)c2cccc([N+](=O)[O-])c2)c1)/C(=C/c1ccc(Cl)cc1Cl)NC(=O)c1ccccc1. The summed E-state index contributed by atoms with van der Waals surface area (Å²) in [6, 6.07) is 25.6. The molecule has 0 atom stereocenters. The Hall–Kier alpha value is -4.44. The number of carbonyl (C=O) groups is 3. The fourth-order valence-corrected chi connectivity index (χ4v) is 4.92. The molecule has 0 saturated carbocycles. The van der Waals surface area contributed by atoms with E-state index in [1.54, 1.807) is 66.7 Å². The number of benzene rings is 4. The fraction of sp³-hybridized carbons (Fsp3) is 0.0333. The first-order chi connectivity index (χ1) is 19.7. The zero-order chi connectivity index (χ0) is 29.4. The standard InChI is InChI=1S/C30H21Cl2N3O5S/c31-22-13-12-20(26(32)16-22)15-27(34-29(37)19-6-2-1-3-7-19)30(38)33-23-9-5-11-25(17-23)41-18-28(36)21-8-4-10-24(14-21)35(39)40/h1-17H,18H2,(H,33,38)(H,34,37)/b27-15-. The number of nitro benzene ring substituents is 1. The Morgan fingerprint density at radius 2 is 1.59 bits per heavy atom. The molecular formula is C30H21Cl2N3O5S. The lowest BCUT2D eigenvalue weighted by Crippen LogP contribution is -2.30. The number of carbonyl (C=O) groups excluding carboxylic acids is 3. The molecule has 2 N–H and O–H groups in total. The summed E-state index contributed by atoms with van der Waals surface area (Å²) in [5.41, 5.74) is 1.28. The zero-order valence-electron chi connectivity index (χ0n) is 21.2. The predicted octanol–water partition coefficient (Wildman–Crippen LogP) is 7.29. The summed E-state index contributed by atoms with van der Waals surface area (Å²) >= 11 is 13.5. The molecule has 11 heteroatoms. The van der Waals surface area contributed by atoms with E-state index in [0.717, 1.165) is 0 Å². The molecule has 8 nitrogen and oxygen atoms in total. The summed E-state index contributed by atoms with van der Waals surface area (Å²) in [5, 5.41) is 17.1. The molecule has 4 aromatic carbocycles. The van der Waals surface area contributed by atoms with Gasteiger partial charge in [0, 0.05) is 43.9 Å². The fourth-order valence-electron chi connectivity index (χ4n) is 3.60. The first-order valence-corrected chi connectivity index (χ1v) is 13.8. The maximum Gasteiger partial charge on any atom is 0.272 e. The Morgan fingerprint density at radius 3 is 2.32 bits per heavy atom. The van der Waals surface area contributed by atoms with Crippen LogP contribution in [0.15, 0.2) is 108 Å². The van der Waals surface area contributed by atoms with Crippen molar-refractivity contribution in [2.45, 2.75) is 4.90 Å². The van der Waals surface area contributed by atoms with Crippen LogP contribution in [0.5, 0.6) is 0 Å². The number of rotatable bonds is 10. The minimum Gasteiger partial charge on any atom is -0.321 e. The third-order valence-corrected chi connectivity index (χ3v) is 7.19. The molecule has 206 valence electrons. The van der Waals surface area contributed by atoms with Crippen molar-refractivity contribution in [3.63, 3.8) is 0 Å². The van der Waals surface area contributed by atoms with E-state index in [-0.39, 0.29) is 28.5 Å². The molecule has 0 bridgehead atoms. The second-order valence-electron chi connectivity index (χ2n) is 8.55. The van der Waals surface area contributed by atoms with Crippen molar-refractivity contribution in [1.82, 2.24) is 5.32 Å². The van der Waals surface area contributed by atoms with Gasteiger partial charge in [0.25, 0.3) is 17.5 Å². The molecule has 0 aliphatic rings. The second kappa shape index (κ2) is 13.8. The van der Waals surface area contributed by atoms with Crippen LogP contribution in [0.1, 0.15) is 26.3 Å². The molecule has 0 aliphatic carbocycles. The first-order valence-electron chi connectivity index (χ1n) is 12.0. The van der Waals surface area contributed by atoms with Crippen molar-refractivity contribution in [3.8, 4) is 0 Å². The van der Waals surface area contributed by atoms with Crippen LogP contribution in [-0.4, -0.2) is 28.3 Å². The number of non-ortho nitro benzene ring substituents is 1. The number of hydrogen-bond acceptors (Lipinski definition) is 6. The topological polar surface area (TPSA) is 118 Å². The number of thioether (sulfide) groups is 1. The van der Waals surface area contributed by atoms with Gasteiger partial charge in [-0.2, -0.15) is 0 Å². The van der Waals surface area contributed by atoms with Crippen molar-refractivity contribution in [3.05, 3.63) is 140 Å². The number of nitro groups is 1. The van der Waals surface area contributed by atoms with Crippen LogP contribution in [0.3, 0.4) is 0 Å². The van der Waals surface area contributed by atoms with Crippen molar-refractivity contribution >= 4 is 70.0 Å². The highest BCUT2D eigenvalue weighted by molar-refractivity contribution is 8.00. The molecule has 4 rings (SSSR count). The zero-order valence-corrected chi connectivity index (χ0v) is 23.5.